The molecule has 0 N–H and O–H groups in total. The molecule has 3 rings (SSSR count). The monoisotopic (exact) mass is 355 g/mol. The molecule has 1 saturated carbocycles. The average molecular weight is 356 g/mol. The van der Waals surface area contributed by atoms with Gasteiger partial charge in [0, 0.05) is 22.6 Å². The largest absolute Gasteiger partial charge is 0.484 e. The molecule has 0 spiro atoms. The van der Waals surface area contributed by atoms with Crippen LogP contribution in [0.2, 0.25) is 10.0 Å². The summed E-state index contributed by atoms with van der Waals surface area (Å²) >= 11 is 11.9. The van der Waals surface area contributed by atoms with Gasteiger partial charge in [-0.25, -0.2) is 0 Å². The van der Waals surface area contributed by atoms with Crippen LogP contribution in [-0.2, 0) is 4.79 Å². The topological polar surface area (TPSA) is 29.5 Å². The minimum atomic E-state index is 0.0314. The molecule has 1 amide bonds. The van der Waals surface area contributed by atoms with Crippen molar-refractivity contribution in [1.29, 1.82) is 0 Å². The Kier molecular flexibility index (Phi) is 4.31. The summed E-state index contributed by atoms with van der Waals surface area (Å²) in [6.07, 6.45) is 3.34. The first-order valence-electron chi connectivity index (χ1n) is 8.04. The minimum absolute atomic E-state index is 0.0314. The van der Waals surface area contributed by atoms with Gasteiger partial charge in [0.15, 0.2) is 6.61 Å². The van der Waals surface area contributed by atoms with Crippen LogP contribution in [0.3, 0.4) is 0 Å². The molecule has 1 saturated heterocycles. The van der Waals surface area contributed by atoms with Crippen LogP contribution >= 0.6 is 23.2 Å². The molecule has 0 unspecified atom stereocenters. The summed E-state index contributed by atoms with van der Waals surface area (Å²) in [6.45, 7) is 7.76. The fourth-order valence-electron chi connectivity index (χ4n) is 4.59. The molecule has 2 fully saturated rings. The maximum atomic E-state index is 12.6. The third-order valence-electron chi connectivity index (χ3n) is 4.93. The smallest absolute Gasteiger partial charge is 0.260 e. The summed E-state index contributed by atoms with van der Waals surface area (Å²) in [4.78, 5) is 14.6. The average Bonchev–Trinajstić information content (AvgIpc) is 2.64. The molecular formula is C18H23Cl2NO2. The second-order valence-corrected chi connectivity index (χ2v) is 9.00. The zero-order valence-electron chi connectivity index (χ0n) is 13.9. The standard InChI is InChI=1S/C18H23Cl2NO2/c1-17(2)7-14-8-18(3,10-17)11-21(14)16(22)9-23-15-5-12(19)4-13(20)6-15/h4-6,14H,7-11H2,1-3H3/t14-,18-/m1/s1. The quantitative estimate of drug-likeness (QED) is 0.779. The predicted octanol–water partition coefficient (Wildman–Crippen LogP) is 4.80. The van der Waals surface area contributed by atoms with E-state index in [9.17, 15) is 4.79 Å². The molecule has 2 aliphatic rings. The Hall–Kier alpha value is -0.930. The van der Waals surface area contributed by atoms with Crippen LogP contribution in [0.25, 0.3) is 0 Å². The summed E-state index contributed by atoms with van der Waals surface area (Å²) in [5, 5.41) is 1.01. The van der Waals surface area contributed by atoms with Crippen molar-refractivity contribution in [2.24, 2.45) is 10.8 Å². The zero-order valence-corrected chi connectivity index (χ0v) is 15.4. The van der Waals surface area contributed by atoms with Gasteiger partial charge in [-0.05, 0) is 48.3 Å². The number of carbonyl (C=O) groups excluding carboxylic acids is 1. The lowest BCUT2D eigenvalue weighted by Crippen LogP contribution is -2.40. The molecular weight excluding hydrogens is 333 g/mol. The molecule has 3 nitrogen and oxygen atoms in total. The molecule has 1 heterocycles. The van der Waals surface area contributed by atoms with Gasteiger partial charge in [0.05, 0.1) is 0 Å². The number of likely N-dealkylation sites (tertiary alicyclic amines) is 1. The Balaban J connectivity index is 1.65. The molecule has 2 bridgehead atoms. The highest BCUT2D eigenvalue weighted by Gasteiger charge is 2.50. The first kappa shape index (κ1) is 16.9. The Labute approximate surface area is 147 Å². The lowest BCUT2D eigenvalue weighted by atomic mass is 9.65. The van der Waals surface area contributed by atoms with E-state index in [-0.39, 0.29) is 17.9 Å². The number of hydrogen-bond donors (Lipinski definition) is 0. The van der Waals surface area contributed by atoms with E-state index >= 15 is 0 Å². The number of ether oxygens (including phenoxy) is 1. The van der Waals surface area contributed by atoms with Crippen molar-refractivity contribution in [2.75, 3.05) is 13.2 Å². The van der Waals surface area contributed by atoms with Crippen LogP contribution in [0.5, 0.6) is 5.75 Å². The van der Waals surface area contributed by atoms with Gasteiger partial charge in [-0.15, -0.1) is 0 Å². The third-order valence-corrected chi connectivity index (χ3v) is 5.37. The first-order chi connectivity index (χ1) is 10.7. The molecule has 23 heavy (non-hydrogen) atoms. The van der Waals surface area contributed by atoms with E-state index in [4.69, 9.17) is 27.9 Å². The highest BCUT2D eigenvalue weighted by molar-refractivity contribution is 6.34. The van der Waals surface area contributed by atoms with Crippen LogP contribution in [-0.4, -0.2) is 30.0 Å². The van der Waals surface area contributed by atoms with Crippen LogP contribution in [0.1, 0.15) is 40.0 Å². The van der Waals surface area contributed by atoms with Crippen LogP contribution in [0.4, 0.5) is 0 Å². The van der Waals surface area contributed by atoms with Gasteiger partial charge in [-0.2, -0.15) is 0 Å². The van der Waals surface area contributed by atoms with Gasteiger partial charge in [0.25, 0.3) is 5.91 Å². The van der Waals surface area contributed by atoms with E-state index in [1.54, 1.807) is 18.2 Å². The molecule has 1 aliphatic carbocycles. The van der Waals surface area contributed by atoms with E-state index in [1.807, 2.05) is 4.90 Å². The molecule has 5 heteroatoms. The van der Waals surface area contributed by atoms with Crippen LogP contribution in [0, 0.1) is 10.8 Å². The minimum Gasteiger partial charge on any atom is -0.484 e. The number of rotatable bonds is 3. The predicted molar refractivity (Wildman–Crippen MR) is 93.2 cm³/mol. The molecule has 2 atom stereocenters. The van der Waals surface area contributed by atoms with Gasteiger partial charge in [0.1, 0.15) is 5.75 Å². The van der Waals surface area contributed by atoms with Gasteiger partial charge >= 0.3 is 0 Å². The summed E-state index contributed by atoms with van der Waals surface area (Å²) in [7, 11) is 0. The van der Waals surface area contributed by atoms with Crippen molar-refractivity contribution < 1.29 is 9.53 Å². The van der Waals surface area contributed by atoms with Crippen molar-refractivity contribution in [3.63, 3.8) is 0 Å². The van der Waals surface area contributed by atoms with E-state index < -0.39 is 0 Å². The van der Waals surface area contributed by atoms with Crippen LogP contribution in [0.15, 0.2) is 18.2 Å². The number of benzene rings is 1. The van der Waals surface area contributed by atoms with Crippen molar-refractivity contribution in [3.05, 3.63) is 28.2 Å². The molecule has 0 aromatic heterocycles. The van der Waals surface area contributed by atoms with Gasteiger partial charge in [-0.3, -0.25) is 4.79 Å². The Morgan fingerprint density at radius 3 is 2.52 bits per heavy atom. The SMILES string of the molecule is CC1(C)C[C@@H]2C[C@@](C)(CN2C(=O)COc2cc(Cl)cc(Cl)c2)C1. The van der Waals surface area contributed by atoms with Crippen molar-refractivity contribution in [2.45, 2.75) is 46.1 Å². The maximum Gasteiger partial charge on any atom is 0.260 e. The van der Waals surface area contributed by atoms with E-state index in [2.05, 4.69) is 20.8 Å². The number of fused-ring (bicyclic) bond motifs is 2. The Morgan fingerprint density at radius 2 is 1.87 bits per heavy atom. The molecule has 1 aliphatic heterocycles. The number of amides is 1. The number of hydrogen-bond acceptors (Lipinski definition) is 2. The summed E-state index contributed by atoms with van der Waals surface area (Å²) in [5.74, 6) is 0.581. The zero-order chi connectivity index (χ0) is 16.8. The second kappa shape index (κ2) is 5.86. The van der Waals surface area contributed by atoms with Gasteiger partial charge in [0.2, 0.25) is 0 Å². The Morgan fingerprint density at radius 1 is 1.22 bits per heavy atom. The number of halogens is 2. The van der Waals surface area contributed by atoms with Gasteiger partial charge < -0.3 is 9.64 Å². The lowest BCUT2D eigenvalue weighted by molar-refractivity contribution is -0.134. The molecule has 0 radical (unpaired) electrons. The maximum absolute atomic E-state index is 12.6. The van der Waals surface area contributed by atoms with Crippen LogP contribution < -0.4 is 4.74 Å². The number of nitrogens with zero attached hydrogens (tertiary/aromatic N) is 1. The normalized spacial score (nSPS) is 28.7. The van der Waals surface area contributed by atoms with Crippen molar-refractivity contribution in [1.82, 2.24) is 4.90 Å². The van der Waals surface area contributed by atoms with Crippen molar-refractivity contribution in [3.8, 4) is 5.75 Å². The Bertz CT molecular complexity index is 611. The first-order valence-corrected chi connectivity index (χ1v) is 8.80. The fourth-order valence-corrected chi connectivity index (χ4v) is 5.10. The van der Waals surface area contributed by atoms with E-state index in [0.29, 0.717) is 27.3 Å². The van der Waals surface area contributed by atoms with E-state index in [0.717, 1.165) is 19.4 Å². The van der Waals surface area contributed by atoms with E-state index in [1.165, 1.54) is 6.42 Å². The molecule has 126 valence electrons. The summed E-state index contributed by atoms with van der Waals surface area (Å²) in [5.41, 5.74) is 0.537. The molecule has 1 aromatic carbocycles. The highest BCUT2D eigenvalue weighted by Crippen LogP contribution is 2.52. The number of carbonyl (C=O) groups is 1. The van der Waals surface area contributed by atoms with Crippen molar-refractivity contribution >= 4 is 29.1 Å². The second-order valence-electron chi connectivity index (χ2n) is 8.13. The fraction of sp³-hybridized carbons (Fsp3) is 0.611. The summed E-state index contributed by atoms with van der Waals surface area (Å²) < 4.78 is 5.62. The molecule has 1 aromatic rings. The summed E-state index contributed by atoms with van der Waals surface area (Å²) in [6, 6.07) is 5.33. The third kappa shape index (κ3) is 3.77. The van der Waals surface area contributed by atoms with Gasteiger partial charge in [-0.1, -0.05) is 44.0 Å². The lowest BCUT2D eigenvalue weighted by Gasteiger charge is -2.39. The highest BCUT2D eigenvalue weighted by atomic mass is 35.5.